The van der Waals surface area contributed by atoms with E-state index in [1.807, 2.05) is 17.9 Å². The van der Waals surface area contributed by atoms with Gasteiger partial charge >= 0.3 is 0 Å². The summed E-state index contributed by atoms with van der Waals surface area (Å²) in [5.74, 6) is 0.837. The van der Waals surface area contributed by atoms with Crippen LogP contribution in [0.4, 0.5) is 0 Å². The highest BCUT2D eigenvalue weighted by atomic mass is 16.5. The third kappa shape index (κ3) is 3.62. The second kappa shape index (κ2) is 6.54. The van der Waals surface area contributed by atoms with Crippen molar-refractivity contribution >= 4 is 0 Å². The predicted molar refractivity (Wildman–Crippen MR) is 88.1 cm³/mol. The fraction of sp³-hybridized carbons (Fsp3) is 0.833. The highest BCUT2D eigenvalue weighted by Crippen LogP contribution is 2.41. The van der Waals surface area contributed by atoms with Crippen LogP contribution in [0.3, 0.4) is 0 Å². The number of ether oxygens (including phenoxy) is 2. The number of fused-ring (bicyclic) bond motifs is 1. The lowest BCUT2D eigenvalue weighted by molar-refractivity contribution is -0.154. The molecule has 0 aromatic carbocycles. The van der Waals surface area contributed by atoms with Crippen LogP contribution in [0, 0.1) is 11.3 Å². The van der Waals surface area contributed by atoms with Gasteiger partial charge in [0, 0.05) is 57.1 Å². The Morgan fingerprint density at radius 2 is 2.30 bits per heavy atom. The highest BCUT2D eigenvalue weighted by Gasteiger charge is 2.46. The van der Waals surface area contributed by atoms with E-state index in [0.29, 0.717) is 6.10 Å². The van der Waals surface area contributed by atoms with Crippen molar-refractivity contribution in [2.75, 3.05) is 32.9 Å². The normalized spacial score (nSPS) is 32.0. The Bertz CT molecular complexity index is 528. The summed E-state index contributed by atoms with van der Waals surface area (Å²) in [5, 5.41) is 4.30. The average Bonchev–Trinajstić information content (AvgIpc) is 3.28. The van der Waals surface area contributed by atoms with Crippen LogP contribution in [0.2, 0.25) is 0 Å². The van der Waals surface area contributed by atoms with Gasteiger partial charge in [-0.05, 0) is 38.0 Å². The van der Waals surface area contributed by atoms with E-state index in [0.717, 1.165) is 51.8 Å². The molecule has 23 heavy (non-hydrogen) atoms. The molecule has 0 spiro atoms. The number of nitrogens with zero attached hydrogens (tertiary/aromatic N) is 3. The lowest BCUT2D eigenvalue weighted by Crippen LogP contribution is -2.56. The standard InChI is InChI=1S/C18H29N3O2/c1-20-10-16(9-19-20)11-21-7-5-17-18(13-21,6-2-8-23-17)14-22-12-15-3-4-15/h9-10,15,17H,2-8,11-14H2,1H3/t17-,18+/m1/s1. The number of piperidine rings is 1. The van der Waals surface area contributed by atoms with Gasteiger partial charge in [0.25, 0.3) is 0 Å². The van der Waals surface area contributed by atoms with Crippen LogP contribution < -0.4 is 0 Å². The minimum atomic E-state index is 0.202. The number of likely N-dealkylation sites (tertiary alicyclic amines) is 1. The number of aromatic nitrogens is 2. The minimum absolute atomic E-state index is 0.202. The molecule has 0 unspecified atom stereocenters. The Kier molecular flexibility index (Phi) is 4.43. The molecule has 2 aliphatic heterocycles. The van der Waals surface area contributed by atoms with Crippen LogP contribution in [0.5, 0.6) is 0 Å². The smallest absolute Gasteiger partial charge is 0.0677 e. The maximum Gasteiger partial charge on any atom is 0.0677 e. The van der Waals surface area contributed by atoms with Crippen molar-refractivity contribution in [1.82, 2.24) is 14.7 Å². The van der Waals surface area contributed by atoms with Gasteiger partial charge in [-0.3, -0.25) is 9.58 Å². The van der Waals surface area contributed by atoms with Crippen molar-refractivity contribution in [2.45, 2.75) is 44.8 Å². The lowest BCUT2D eigenvalue weighted by Gasteiger charge is -2.50. The van der Waals surface area contributed by atoms with Gasteiger partial charge in [-0.2, -0.15) is 5.10 Å². The van der Waals surface area contributed by atoms with Gasteiger partial charge in [0.1, 0.15) is 0 Å². The van der Waals surface area contributed by atoms with Gasteiger partial charge in [-0.25, -0.2) is 0 Å². The Morgan fingerprint density at radius 1 is 1.39 bits per heavy atom. The van der Waals surface area contributed by atoms with Crippen LogP contribution >= 0.6 is 0 Å². The molecule has 2 saturated heterocycles. The van der Waals surface area contributed by atoms with E-state index in [4.69, 9.17) is 9.47 Å². The SMILES string of the molecule is Cn1cc(CN2CC[C@H]3OCCC[C@@]3(COCC3CC3)C2)cn1. The van der Waals surface area contributed by atoms with Gasteiger partial charge in [0.15, 0.2) is 0 Å². The van der Waals surface area contributed by atoms with Crippen molar-refractivity contribution in [3.05, 3.63) is 18.0 Å². The van der Waals surface area contributed by atoms with Gasteiger partial charge in [0.05, 0.1) is 18.9 Å². The summed E-state index contributed by atoms with van der Waals surface area (Å²) in [6, 6.07) is 0. The van der Waals surface area contributed by atoms with E-state index in [1.165, 1.54) is 31.2 Å². The molecule has 128 valence electrons. The molecule has 5 nitrogen and oxygen atoms in total. The molecule has 2 atom stereocenters. The quantitative estimate of drug-likeness (QED) is 0.806. The Balaban J connectivity index is 1.40. The van der Waals surface area contributed by atoms with Crippen molar-refractivity contribution in [2.24, 2.45) is 18.4 Å². The van der Waals surface area contributed by atoms with E-state index in [-0.39, 0.29) is 5.41 Å². The Labute approximate surface area is 138 Å². The molecule has 5 heteroatoms. The molecule has 1 aromatic heterocycles. The van der Waals surface area contributed by atoms with Crippen LogP contribution in [0.1, 0.15) is 37.7 Å². The third-order valence-electron chi connectivity index (χ3n) is 5.67. The summed E-state index contributed by atoms with van der Waals surface area (Å²) < 4.78 is 14.2. The summed E-state index contributed by atoms with van der Waals surface area (Å²) in [5.41, 5.74) is 1.50. The number of hydrogen-bond acceptors (Lipinski definition) is 4. The number of hydrogen-bond donors (Lipinski definition) is 0. The zero-order chi connectivity index (χ0) is 15.7. The maximum absolute atomic E-state index is 6.14. The van der Waals surface area contributed by atoms with E-state index in [2.05, 4.69) is 16.2 Å². The maximum atomic E-state index is 6.14. The van der Waals surface area contributed by atoms with E-state index in [1.54, 1.807) is 0 Å². The summed E-state index contributed by atoms with van der Waals surface area (Å²) in [6.45, 7) is 5.96. The number of rotatable bonds is 6. The van der Waals surface area contributed by atoms with Gasteiger partial charge in [0.2, 0.25) is 0 Å². The minimum Gasteiger partial charge on any atom is -0.380 e. The molecular weight excluding hydrogens is 290 g/mol. The largest absolute Gasteiger partial charge is 0.380 e. The second-order valence-corrected chi connectivity index (χ2v) is 7.81. The molecule has 4 rings (SSSR count). The summed E-state index contributed by atoms with van der Waals surface area (Å²) in [6.07, 6.45) is 10.8. The molecule has 1 saturated carbocycles. The van der Waals surface area contributed by atoms with Crippen LogP contribution in [0.25, 0.3) is 0 Å². The summed E-state index contributed by atoms with van der Waals surface area (Å²) in [7, 11) is 1.98. The van der Waals surface area contributed by atoms with Crippen molar-refractivity contribution in [1.29, 1.82) is 0 Å². The molecule has 0 N–H and O–H groups in total. The molecule has 0 radical (unpaired) electrons. The molecule has 1 aromatic rings. The zero-order valence-corrected chi connectivity index (χ0v) is 14.2. The van der Waals surface area contributed by atoms with Gasteiger partial charge in [-0.1, -0.05) is 0 Å². The molecule has 1 aliphatic carbocycles. The first kappa shape index (κ1) is 15.6. The van der Waals surface area contributed by atoms with Crippen molar-refractivity contribution in [3.8, 4) is 0 Å². The van der Waals surface area contributed by atoms with E-state index >= 15 is 0 Å². The predicted octanol–water partition coefficient (Wildman–Crippen LogP) is 2.22. The average molecular weight is 319 g/mol. The topological polar surface area (TPSA) is 39.5 Å². The van der Waals surface area contributed by atoms with Crippen LogP contribution in [0.15, 0.2) is 12.4 Å². The van der Waals surface area contributed by atoms with Crippen molar-refractivity contribution < 1.29 is 9.47 Å². The first-order valence-electron chi connectivity index (χ1n) is 9.13. The fourth-order valence-electron chi connectivity index (χ4n) is 4.25. The summed E-state index contributed by atoms with van der Waals surface area (Å²) in [4.78, 5) is 2.57. The van der Waals surface area contributed by atoms with Crippen LogP contribution in [-0.2, 0) is 23.1 Å². The lowest BCUT2D eigenvalue weighted by atomic mass is 9.73. The number of aryl methyl sites for hydroxylation is 1. The molecule has 3 heterocycles. The van der Waals surface area contributed by atoms with Gasteiger partial charge in [-0.15, -0.1) is 0 Å². The van der Waals surface area contributed by atoms with Gasteiger partial charge < -0.3 is 9.47 Å². The molecule has 0 bridgehead atoms. The highest BCUT2D eigenvalue weighted by molar-refractivity contribution is 5.05. The molecule has 0 amide bonds. The first-order valence-corrected chi connectivity index (χ1v) is 9.13. The summed E-state index contributed by atoms with van der Waals surface area (Å²) >= 11 is 0. The Morgan fingerprint density at radius 3 is 3.09 bits per heavy atom. The van der Waals surface area contributed by atoms with Crippen LogP contribution in [-0.4, -0.2) is 53.7 Å². The Hall–Kier alpha value is -0.910. The first-order chi connectivity index (χ1) is 11.2. The molecular formula is C18H29N3O2. The van der Waals surface area contributed by atoms with E-state index in [9.17, 15) is 0 Å². The third-order valence-corrected chi connectivity index (χ3v) is 5.67. The molecule has 3 aliphatic rings. The fourth-order valence-corrected chi connectivity index (χ4v) is 4.25. The monoisotopic (exact) mass is 319 g/mol. The second-order valence-electron chi connectivity index (χ2n) is 7.81. The zero-order valence-electron chi connectivity index (χ0n) is 14.2. The molecule has 3 fully saturated rings. The van der Waals surface area contributed by atoms with Crippen molar-refractivity contribution in [3.63, 3.8) is 0 Å². The van der Waals surface area contributed by atoms with E-state index < -0.39 is 0 Å².